The van der Waals surface area contributed by atoms with E-state index in [0.717, 1.165) is 76.4 Å². The molecule has 0 spiro atoms. The Morgan fingerprint density at radius 3 is 1.76 bits per heavy atom. The highest BCUT2D eigenvalue weighted by Crippen LogP contribution is 2.17. The van der Waals surface area contributed by atoms with Gasteiger partial charge in [-0.15, -0.1) is 0 Å². The summed E-state index contributed by atoms with van der Waals surface area (Å²) < 4.78 is 87.9. The van der Waals surface area contributed by atoms with Crippen molar-refractivity contribution >= 4 is 37.4 Å². The molecule has 0 radical (unpaired) electrons. The number of rotatable bonds is 17. The van der Waals surface area contributed by atoms with Gasteiger partial charge in [0.25, 0.3) is 0 Å². The zero-order chi connectivity index (χ0) is 31.8. The minimum atomic E-state index is -5.08. The van der Waals surface area contributed by atoms with Gasteiger partial charge in [0, 0.05) is 24.5 Å². The van der Waals surface area contributed by atoms with Crippen LogP contribution < -0.4 is 19.9 Å². The van der Waals surface area contributed by atoms with E-state index in [2.05, 4.69) is 14.3 Å². The largest absolute Gasteiger partial charge is 0.492 e. The van der Waals surface area contributed by atoms with Crippen LogP contribution in [-0.2, 0) is 31.3 Å². The molecule has 2 aromatic rings. The zero-order valence-corrected chi connectivity index (χ0v) is 25.2. The number of nitrogens with one attached hydrogen (secondary N) is 2. The average Bonchev–Trinajstić information content (AvgIpc) is 2.86. The first-order valence-corrected chi connectivity index (χ1v) is 16.8. The van der Waals surface area contributed by atoms with Crippen LogP contribution in [0.25, 0.3) is 0 Å². The molecular formula is C26H39F3N4O7S2. The molecule has 0 saturated heterocycles. The van der Waals surface area contributed by atoms with Crippen LogP contribution in [0.15, 0.2) is 48.5 Å². The highest BCUT2D eigenvalue weighted by molar-refractivity contribution is 7.92. The molecule has 11 nitrogen and oxygen atoms in total. The van der Waals surface area contributed by atoms with Crippen LogP contribution in [0.3, 0.4) is 0 Å². The lowest BCUT2D eigenvalue weighted by molar-refractivity contribution is -0.192. The number of nitrogens with zero attached hydrogens (tertiary/aromatic N) is 1. The Balaban J connectivity index is 0.00000112. The van der Waals surface area contributed by atoms with Crippen molar-refractivity contribution in [1.29, 1.82) is 0 Å². The highest BCUT2D eigenvalue weighted by Gasteiger charge is 2.38. The summed E-state index contributed by atoms with van der Waals surface area (Å²) in [5, 5.41) is 7.12. The van der Waals surface area contributed by atoms with Gasteiger partial charge in [-0.2, -0.15) is 13.2 Å². The Bertz CT molecular complexity index is 1290. The fourth-order valence-electron chi connectivity index (χ4n) is 3.54. The summed E-state index contributed by atoms with van der Waals surface area (Å²) in [6.07, 6.45) is 2.40. The van der Waals surface area contributed by atoms with Crippen molar-refractivity contribution in [2.24, 2.45) is 5.73 Å². The van der Waals surface area contributed by atoms with E-state index in [-0.39, 0.29) is 0 Å². The fourth-order valence-corrected chi connectivity index (χ4v) is 4.66. The lowest BCUT2D eigenvalue weighted by Crippen LogP contribution is -2.31. The first-order chi connectivity index (χ1) is 19.5. The number of aliphatic carboxylic acids is 1. The molecule has 0 fully saturated rings. The molecule has 0 aromatic heterocycles. The molecule has 0 saturated carbocycles. The Hall–Kier alpha value is -3.08. The third kappa shape index (κ3) is 18.4. The van der Waals surface area contributed by atoms with Crippen LogP contribution in [0.4, 0.5) is 24.5 Å². The average molecular weight is 641 g/mol. The smallest absolute Gasteiger partial charge is 0.490 e. The minimum absolute atomic E-state index is 0.497. The second-order valence-corrected chi connectivity index (χ2v) is 12.9. The van der Waals surface area contributed by atoms with Gasteiger partial charge >= 0.3 is 12.1 Å². The van der Waals surface area contributed by atoms with Crippen molar-refractivity contribution in [2.75, 3.05) is 54.7 Å². The summed E-state index contributed by atoms with van der Waals surface area (Å²) in [6.45, 7) is 3.81. The molecule has 0 atom stereocenters. The normalized spacial score (nSPS) is 11.9. The molecular weight excluding hydrogens is 601 g/mol. The van der Waals surface area contributed by atoms with E-state index in [9.17, 15) is 30.0 Å². The molecule has 0 heterocycles. The van der Waals surface area contributed by atoms with Gasteiger partial charge in [-0.3, -0.25) is 14.3 Å². The number of unbranched alkanes of at least 4 members (excludes halogenated alkanes) is 3. The summed E-state index contributed by atoms with van der Waals surface area (Å²) in [6, 6.07) is 14.3. The first-order valence-electron chi connectivity index (χ1n) is 13.0. The van der Waals surface area contributed by atoms with E-state index >= 15 is 0 Å². The highest BCUT2D eigenvalue weighted by atomic mass is 32.2. The molecule has 0 aliphatic rings. The van der Waals surface area contributed by atoms with Gasteiger partial charge in [0.1, 0.15) is 12.4 Å². The van der Waals surface area contributed by atoms with Crippen molar-refractivity contribution in [2.45, 2.75) is 38.3 Å². The lowest BCUT2D eigenvalue weighted by atomic mass is 10.1. The molecule has 0 aliphatic heterocycles. The number of alkyl halides is 3. The number of halogens is 3. The van der Waals surface area contributed by atoms with Gasteiger partial charge < -0.3 is 15.6 Å². The molecule has 5 N–H and O–H groups in total. The maximum atomic E-state index is 11.4. The van der Waals surface area contributed by atoms with E-state index in [4.69, 9.17) is 20.4 Å². The summed E-state index contributed by atoms with van der Waals surface area (Å²) in [4.78, 5) is 11.3. The number of sulfonamides is 2. The van der Waals surface area contributed by atoms with Crippen LogP contribution in [0.2, 0.25) is 0 Å². The maximum absolute atomic E-state index is 11.4. The van der Waals surface area contributed by atoms with Crippen molar-refractivity contribution in [3.05, 3.63) is 54.1 Å². The molecule has 16 heteroatoms. The molecule has 2 rings (SSSR count). The summed E-state index contributed by atoms with van der Waals surface area (Å²) in [7, 11) is -6.59. The molecule has 0 amide bonds. The van der Waals surface area contributed by atoms with Gasteiger partial charge in [0.05, 0.1) is 12.5 Å². The second-order valence-electron chi connectivity index (χ2n) is 9.42. The maximum Gasteiger partial charge on any atom is 0.490 e. The van der Waals surface area contributed by atoms with Crippen molar-refractivity contribution in [3.8, 4) is 5.75 Å². The van der Waals surface area contributed by atoms with Crippen LogP contribution in [-0.4, -0.2) is 84.3 Å². The number of ether oxygens (including phenoxy) is 1. The van der Waals surface area contributed by atoms with E-state index < -0.39 is 32.2 Å². The van der Waals surface area contributed by atoms with E-state index in [1.807, 2.05) is 12.1 Å². The zero-order valence-electron chi connectivity index (χ0n) is 23.6. The van der Waals surface area contributed by atoms with E-state index in [0.29, 0.717) is 23.7 Å². The molecule has 238 valence electrons. The van der Waals surface area contributed by atoms with Crippen molar-refractivity contribution < 1.29 is 44.6 Å². The lowest BCUT2D eigenvalue weighted by Gasteiger charge is -2.22. The summed E-state index contributed by atoms with van der Waals surface area (Å²) >= 11 is 0. The van der Waals surface area contributed by atoms with Crippen molar-refractivity contribution in [3.63, 3.8) is 0 Å². The fraction of sp³-hybridized carbons (Fsp3) is 0.500. The van der Waals surface area contributed by atoms with Crippen molar-refractivity contribution in [1.82, 2.24) is 4.90 Å². The number of carboxylic acids is 1. The van der Waals surface area contributed by atoms with E-state index in [1.165, 1.54) is 0 Å². The summed E-state index contributed by atoms with van der Waals surface area (Å²) in [5.41, 5.74) is 7.77. The SMILES string of the molecule is CS(=O)(=O)Nc1ccc(CCN(CCCCCCN)CCOc2ccc(NS(C)(=O)=O)cc2)cc1.O=C(O)C(F)(F)F. The first kappa shape index (κ1) is 36.9. The van der Waals surface area contributed by atoms with Crippen LogP contribution in [0.5, 0.6) is 5.75 Å². The number of nitrogens with two attached hydrogens (primary N) is 1. The number of carboxylic acid groups (broad SMARTS) is 1. The number of hydrogen-bond donors (Lipinski definition) is 4. The van der Waals surface area contributed by atoms with Gasteiger partial charge in [0.15, 0.2) is 0 Å². The number of hydrogen-bond acceptors (Lipinski definition) is 8. The monoisotopic (exact) mass is 640 g/mol. The molecule has 0 aliphatic carbocycles. The minimum Gasteiger partial charge on any atom is -0.492 e. The van der Waals surface area contributed by atoms with Gasteiger partial charge in [-0.05, 0) is 74.3 Å². The van der Waals surface area contributed by atoms with Gasteiger partial charge in [-0.1, -0.05) is 25.0 Å². The predicted molar refractivity (Wildman–Crippen MR) is 157 cm³/mol. The van der Waals surface area contributed by atoms with E-state index in [1.54, 1.807) is 36.4 Å². The standard InChI is InChI=1S/C24H38N4O5S2.C2HF3O2/c1-34(29,30)26-22-9-7-21(8-10-22)15-18-28(17-6-4-3-5-16-25)19-20-33-24-13-11-23(12-14-24)27-35(2,31)32;3-2(4,5)1(6)7/h7-14,26-27H,3-6,15-20,25H2,1-2H3;(H,6,7). The molecule has 0 unspecified atom stereocenters. The second kappa shape index (κ2) is 17.8. The Kier molecular flexibility index (Phi) is 15.6. The Morgan fingerprint density at radius 2 is 1.31 bits per heavy atom. The third-order valence-electron chi connectivity index (χ3n) is 5.48. The topological polar surface area (TPSA) is 168 Å². The molecule has 42 heavy (non-hydrogen) atoms. The number of benzene rings is 2. The van der Waals surface area contributed by atoms with Crippen LogP contribution in [0.1, 0.15) is 31.2 Å². The summed E-state index contributed by atoms with van der Waals surface area (Å²) in [5.74, 6) is -2.08. The predicted octanol–water partition coefficient (Wildman–Crippen LogP) is 3.51. The molecule has 0 bridgehead atoms. The Morgan fingerprint density at radius 1 is 0.833 bits per heavy atom. The Labute approximate surface area is 245 Å². The van der Waals surface area contributed by atoms with Gasteiger partial charge in [-0.25, -0.2) is 21.6 Å². The van der Waals surface area contributed by atoms with Gasteiger partial charge in [0.2, 0.25) is 20.0 Å². The van der Waals surface area contributed by atoms with Crippen LogP contribution >= 0.6 is 0 Å². The number of anilines is 2. The molecule has 2 aromatic carbocycles. The number of carbonyl (C=O) groups is 1. The van der Waals surface area contributed by atoms with Crippen LogP contribution in [0, 0.1) is 0 Å². The quantitative estimate of drug-likeness (QED) is 0.189. The third-order valence-corrected chi connectivity index (χ3v) is 6.69.